The number of ether oxygens (including phenoxy) is 3. The van der Waals surface area contributed by atoms with Crippen molar-refractivity contribution >= 4 is 34.5 Å². The van der Waals surface area contributed by atoms with Crippen LogP contribution in [0.25, 0.3) is 0 Å². The van der Waals surface area contributed by atoms with Gasteiger partial charge in [-0.25, -0.2) is 0 Å². The molecule has 182 valence electrons. The summed E-state index contributed by atoms with van der Waals surface area (Å²) in [5.41, 5.74) is 4.09. The van der Waals surface area contributed by atoms with E-state index in [1.54, 1.807) is 0 Å². The van der Waals surface area contributed by atoms with Gasteiger partial charge in [0.2, 0.25) is 0 Å². The second-order valence-corrected chi connectivity index (χ2v) is 11.3. The minimum Gasteiger partial charge on any atom is -0.462 e. The van der Waals surface area contributed by atoms with Gasteiger partial charge in [0, 0.05) is 26.7 Å². The maximum absolute atomic E-state index is 11.7. The zero-order valence-corrected chi connectivity index (χ0v) is 22.4. The summed E-state index contributed by atoms with van der Waals surface area (Å²) >= 11 is 2.34. The molecule has 6 heteroatoms. The van der Waals surface area contributed by atoms with Crippen molar-refractivity contribution in [3.05, 3.63) is 33.0 Å². The monoisotopic (exact) mass is 568 g/mol. The zero-order valence-electron chi connectivity index (χ0n) is 20.3. The summed E-state index contributed by atoms with van der Waals surface area (Å²) in [5.74, 6) is 1.31. The molecule has 0 bridgehead atoms. The highest BCUT2D eigenvalue weighted by atomic mass is 127. The van der Waals surface area contributed by atoms with Crippen LogP contribution in [0.1, 0.15) is 72.6 Å². The predicted octanol–water partition coefficient (Wildman–Crippen LogP) is 6.07. The first-order valence-electron chi connectivity index (χ1n) is 12.4. The molecule has 0 radical (unpaired) electrons. The van der Waals surface area contributed by atoms with Crippen LogP contribution in [0.15, 0.2) is 33.0 Å². The van der Waals surface area contributed by atoms with Gasteiger partial charge in [-0.05, 0) is 70.5 Å². The molecule has 1 unspecified atom stereocenters. The molecule has 1 heterocycles. The molecule has 2 saturated carbocycles. The highest BCUT2D eigenvalue weighted by molar-refractivity contribution is 14.1. The normalized spacial score (nSPS) is 38.3. The molecule has 0 aromatic rings. The van der Waals surface area contributed by atoms with Crippen molar-refractivity contribution in [2.45, 2.75) is 91.0 Å². The summed E-state index contributed by atoms with van der Waals surface area (Å²) in [7, 11) is 0. The van der Waals surface area contributed by atoms with Crippen molar-refractivity contribution in [1.82, 2.24) is 0 Å². The summed E-state index contributed by atoms with van der Waals surface area (Å²) in [5, 5.41) is 0. The number of fused-ring (bicyclic) bond motifs is 1. The van der Waals surface area contributed by atoms with E-state index in [0.717, 1.165) is 17.6 Å². The van der Waals surface area contributed by atoms with E-state index in [-0.39, 0.29) is 30.3 Å². The number of halogens is 1. The fourth-order valence-electron chi connectivity index (χ4n) is 7.19. The summed E-state index contributed by atoms with van der Waals surface area (Å²) in [6.07, 6.45) is 11.3. The van der Waals surface area contributed by atoms with Crippen LogP contribution >= 0.6 is 22.6 Å². The van der Waals surface area contributed by atoms with E-state index in [9.17, 15) is 9.59 Å². The van der Waals surface area contributed by atoms with Gasteiger partial charge in [0.1, 0.15) is 12.2 Å². The van der Waals surface area contributed by atoms with Gasteiger partial charge >= 0.3 is 11.9 Å². The number of rotatable bonds is 5. The van der Waals surface area contributed by atoms with Crippen LogP contribution in [0.5, 0.6) is 0 Å². The third-order valence-corrected chi connectivity index (χ3v) is 8.96. The second-order valence-electron chi connectivity index (χ2n) is 10.6. The fourth-order valence-corrected chi connectivity index (χ4v) is 7.85. The van der Waals surface area contributed by atoms with Crippen LogP contribution in [0.4, 0.5) is 0 Å². The molecule has 0 aromatic heterocycles. The molecule has 33 heavy (non-hydrogen) atoms. The molecule has 0 saturated heterocycles. The molecule has 1 aliphatic heterocycles. The topological polar surface area (TPSA) is 61.8 Å². The van der Waals surface area contributed by atoms with Crippen LogP contribution in [0.2, 0.25) is 0 Å². The molecular weight excluding hydrogens is 531 g/mol. The highest BCUT2D eigenvalue weighted by Gasteiger charge is 2.50. The van der Waals surface area contributed by atoms with Crippen molar-refractivity contribution in [2.24, 2.45) is 23.2 Å². The van der Waals surface area contributed by atoms with E-state index in [2.05, 4.69) is 52.7 Å². The molecule has 0 aromatic carbocycles. The van der Waals surface area contributed by atoms with E-state index in [1.807, 2.05) is 0 Å². The van der Waals surface area contributed by atoms with Crippen LogP contribution in [0.3, 0.4) is 0 Å². The SMILES string of the molecule is CC(=O)O[C@@H]1CC2=C(COC2C=C2CCC[C@]3(C)[C@@H]([C@H](C)C=CI)CC[C@@H]23)[C@@H](OC(C)=O)C1. The second kappa shape index (κ2) is 10.2. The van der Waals surface area contributed by atoms with Crippen molar-refractivity contribution in [2.75, 3.05) is 6.61 Å². The Morgan fingerprint density at radius 3 is 2.64 bits per heavy atom. The molecule has 7 atom stereocenters. The van der Waals surface area contributed by atoms with E-state index >= 15 is 0 Å². The third-order valence-electron chi connectivity index (χ3n) is 8.54. The lowest BCUT2D eigenvalue weighted by atomic mass is 9.61. The molecule has 4 aliphatic rings. The Bertz CT molecular complexity index is 874. The first kappa shape index (κ1) is 25.0. The number of carbonyl (C=O) groups is 2. The largest absolute Gasteiger partial charge is 0.462 e. The lowest BCUT2D eigenvalue weighted by Gasteiger charge is -2.44. The summed E-state index contributed by atoms with van der Waals surface area (Å²) in [6.45, 7) is 8.22. The maximum atomic E-state index is 11.7. The van der Waals surface area contributed by atoms with Crippen molar-refractivity contribution in [3.8, 4) is 0 Å². The van der Waals surface area contributed by atoms with E-state index in [1.165, 1.54) is 45.1 Å². The maximum Gasteiger partial charge on any atom is 0.303 e. The van der Waals surface area contributed by atoms with E-state index in [0.29, 0.717) is 42.6 Å². The molecule has 4 rings (SSSR count). The van der Waals surface area contributed by atoms with Crippen LogP contribution in [0, 0.1) is 23.2 Å². The molecular formula is C27H37IO5. The molecule has 3 aliphatic carbocycles. The smallest absolute Gasteiger partial charge is 0.303 e. The van der Waals surface area contributed by atoms with Gasteiger partial charge in [-0.3, -0.25) is 9.59 Å². The van der Waals surface area contributed by atoms with Crippen molar-refractivity contribution in [1.29, 1.82) is 0 Å². The standard InChI is InChI=1S/C27H37IO5/c1-16(9-11-28)23-7-8-24-19(6-5-10-27(23,24)4)12-25-21-13-20(32-17(2)29)14-26(33-18(3)30)22(21)15-31-25/h9,11-12,16,20,23-26H,5-8,10,13-15H2,1-4H3/t16-,20-,23-,24+,25?,26+,27-/m1/s1. The predicted molar refractivity (Wildman–Crippen MR) is 136 cm³/mol. The van der Waals surface area contributed by atoms with Crippen LogP contribution in [-0.2, 0) is 23.8 Å². The molecule has 5 nitrogen and oxygen atoms in total. The molecule has 0 spiro atoms. The minimum atomic E-state index is -0.368. The summed E-state index contributed by atoms with van der Waals surface area (Å²) < 4.78 is 19.6. The van der Waals surface area contributed by atoms with Gasteiger partial charge in [-0.1, -0.05) is 54.2 Å². The average Bonchev–Trinajstić information content (AvgIpc) is 3.29. The Kier molecular flexibility index (Phi) is 7.73. The van der Waals surface area contributed by atoms with E-state index < -0.39 is 0 Å². The number of allylic oxidation sites excluding steroid dienone is 2. The van der Waals surface area contributed by atoms with Gasteiger partial charge < -0.3 is 14.2 Å². The number of carbonyl (C=O) groups excluding carboxylic acids is 2. The van der Waals surface area contributed by atoms with Gasteiger partial charge in [0.15, 0.2) is 0 Å². The Labute approximate surface area is 211 Å². The van der Waals surface area contributed by atoms with Crippen LogP contribution in [-0.4, -0.2) is 36.9 Å². The quantitative estimate of drug-likeness (QED) is 0.229. The van der Waals surface area contributed by atoms with Crippen molar-refractivity contribution < 1.29 is 23.8 Å². The van der Waals surface area contributed by atoms with Gasteiger partial charge in [0.25, 0.3) is 0 Å². The Hall–Kier alpha value is -1.15. The average molecular weight is 568 g/mol. The zero-order chi connectivity index (χ0) is 23.8. The molecule has 0 N–H and O–H groups in total. The van der Waals surface area contributed by atoms with Gasteiger partial charge in [0.05, 0.1) is 12.7 Å². The lowest BCUT2D eigenvalue weighted by molar-refractivity contribution is -0.151. The fraction of sp³-hybridized carbons (Fsp3) is 0.704. The molecule has 0 amide bonds. The molecule has 2 fully saturated rings. The third kappa shape index (κ3) is 5.12. The van der Waals surface area contributed by atoms with Gasteiger partial charge in [-0.15, -0.1) is 0 Å². The van der Waals surface area contributed by atoms with Crippen LogP contribution < -0.4 is 0 Å². The number of hydrogen-bond acceptors (Lipinski definition) is 5. The Balaban J connectivity index is 1.59. The summed E-state index contributed by atoms with van der Waals surface area (Å²) in [4.78, 5) is 23.3. The Morgan fingerprint density at radius 1 is 1.18 bits per heavy atom. The number of esters is 2. The first-order valence-corrected chi connectivity index (χ1v) is 13.6. The minimum absolute atomic E-state index is 0.112. The van der Waals surface area contributed by atoms with Crippen molar-refractivity contribution in [3.63, 3.8) is 0 Å². The number of hydrogen-bond donors (Lipinski definition) is 0. The Morgan fingerprint density at radius 2 is 1.94 bits per heavy atom. The first-order chi connectivity index (χ1) is 15.7. The lowest BCUT2D eigenvalue weighted by Crippen LogP contribution is -2.36. The van der Waals surface area contributed by atoms with E-state index in [4.69, 9.17) is 14.2 Å². The highest BCUT2D eigenvalue weighted by Crippen LogP contribution is 2.59. The van der Waals surface area contributed by atoms with Gasteiger partial charge in [-0.2, -0.15) is 0 Å². The summed E-state index contributed by atoms with van der Waals surface area (Å²) in [6, 6.07) is 0.